The maximum Gasteiger partial charge on any atom is 0.102 e. The van der Waals surface area contributed by atoms with Crippen molar-refractivity contribution in [2.24, 2.45) is 0 Å². The van der Waals surface area contributed by atoms with E-state index in [0.29, 0.717) is 5.02 Å². The number of hydrogen-bond donors (Lipinski definition) is 0. The molecule has 5 aromatic rings. The molecule has 28 heavy (non-hydrogen) atoms. The number of fused-ring (bicyclic) bond motifs is 3. The van der Waals surface area contributed by atoms with Crippen LogP contribution in [0.2, 0.25) is 5.02 Å². The van der Waals surface area contributed by atoms with Gasteiger partial charge in [0, 0.05) is 27.6 Å². The van der Waals surface area contributed by atoms with Crippen molar-refractivity contribution in [3.8, 4) is 16.9 Å². The molecule has 2 heterocycles. The predicted octanol–water partition coefficient (Wildman–Crippen LogP) is 6.46. The number of hydrogen-bond acceptors (Lipinski definition) is 2. The van der Waals surface area contributed by atoms with E-state index in [9.17, 15) is 0 Å². The molecule has 0 amide bonds. The Morgan fingerprint density at radius 3 is 2.43 bits per heavy atom. The number of benzene rings is 3. The number of para-hydroxylation sites is 2. The van der Waals surface area contributed by atoms with E-state index in [1.165, 1.54) is 5.56 Å². The van der Waals surface area contributed by atoms with Crippen LogP contribution < -0.4 is 0 Å². The van der Waals surface area contributed by atoms with Crippen molar-refractivity contribution in [3.63, 3.8) is 0 Å². The fourth-order valence-electron chi connectivity index (χ4n) is 3.74. The number of halogens is 1. The monoisotopic (exact) mass is 383 g/mol. The summed E-state index contributed by atoms with van der Waals surface area (Å²) >= 11 is 6.10. The van der Waals surface area contributed by atoms with E-state index in [0.717, 1.165) is 45.2 Å². The number of aromatic nitrogens is 3. The highest BCUT2D eigenvalue weighted by molar-refractivity contribution is 6.30. The molecule has 4 heteroatoms. The summed E-state index contributed by atoms with van der Waals surface area (Å²) in [6.07, 6.45) is 2.87. The van der Waals surface area contributed by atoms with Gasteiger partial charge in [-0.25, -0.2) is 4.68 Å². The molecule has 0 saturated carbocycles. The van der Waals surface area contributed by atoms with Gasteiger partial charge >= 0.3 is 0 Å². The topological polar surface area (TPSA) is 30.7 Å². The van der Waals surface area contributed by atoms with Crippen molar-refractivity contribution in [3.05, 3.63) is 89.6 Å². The maximum atomic E-state index is 6.10. The summed E-state index contributed by atoms with van der Waals surface area (Å²) in [5, 5.41) is 7.90. The van der Waals surface area contributed by atoms with Crippen LogP contribution in [0, 0.1) is 0 Å². The van der Waals surface area contributed by atoms with Crippen molar-refractivity contribution in [1.82, 2.24) is 14.8 Å². The summed E-state index contributed by atoms with van der Waals surface area (Å²) in [5.41, 5.74) is 6.35. The molecule has 0 fully saturated rings. The molecule has 136 valence electrons. The Hall–Kier alpha value is -3.17. The smallest absolute Gasteiger partial charge is 0.102 e. The second-order valence-corrected chi connectivity index (χ2v) is 7.22. The van der Waals surface area contributed by atoms with Gasteiger partial charge in [0.25, 0.3) is 0 Å². The van der Waals surface area contributed by atoms with E-state index in [-0.39, 0.29) is 0 Å². The molecule has 0 spiro atoms. The molecule has 0 saturated heterocycles. The lowest BCUT2D eigenvalue weighted by Crippen LogP contribution is -2.01. The van der Waals surface area contributed by atoms with E-state index < -0.39 is 0 Å². The van der Waals surface area contributed by atoms with Crippen molar-refractivity contribution in [1.29, 1.82) is 0 Å². The van der Waals surface area contributed by atoms with E-state index in [1.54, 1.807) is 0 Å². The van der Waals surface area contributed by atoms with Crippen molar-refractivity contribution in [2.75, 3.05) is 0 Å². The fraction of sp³-hybridized carbons (Fsp3) is 0.0833. The molecule has 0 aliphatic rings. The molecular formula is C24H18ClN3. The van der Waals surface area contributed by atoms with E-state index in [1.807, 2.05) is 42.6 Å². The molecule has 0 bridgehead atoms. The van der Waals surface area contributed by atoms with Gasteiger partial charge in [-0.05, 0) is 36.2 Å². The van der Waals surface area contributed by atoms with Crippen LogP contribution in [0.15, 0.2) is 79.0 Å². The summed E-state index contributed by atoms with van der Waals surface area (Å²) in [6, 6.07) is 24.5. The summed E-state index contributed by atoms with van der Waals surface area (Å²) in [4.78, 5) is 4.68. The first-order valence-electron chi connectivity index (χ1n) is 9.37. The average Bonchev–Trinajstić information content (AvgIpc) is 3.14. The van der Waals surface area contributed by atoms with Crippen molar-refractivity contribution < 1.29 is 0 Å². The number of aryl methyl sites for hydroxylation is 1. The number of rotatable bonds is 3. The minimum absolute atomic E-state index is 0.715. The molecule has 0 aliphatic carbocycles. The molecule has 0 unspecified atom stereocenters. The largest absolute Gasteiger partial charge is 0.255 e. The Bertz CT molecular complexity index is 1300. The minimum atomic E-state index is 0.715. The van der Waals surface area contributed by atoms with Crippen LogP contribution in [0.3, 0.4) is 0 Å². The lowest BCUT2D eigenvalue weighted by atomic mass is 10.1. The highest BCUT2D eigenvalue weighted by Crippen LogP contribution is 2.34. The Morgan fingerprint density at radius 2 is 1.61 bits per heavy atom. The van der Waals surface area contributed by atoms with Crippen molar-refractivity contribution in [2.45, 2.75) is 13.3 Å². The molecule has 0 radical (unpaired) electrons. The third-order valence-corrected chi connectivity index (χ3v) is 5.38. The van der Waals surface area contributed by atoms with Gasteiger partial charge in [0.2, 0.25) is 0 Å². The first-order valence-corrected chi connectivity index (χ1v) is 9.74. The highest BCUT2D eigenvalue weighted by atomic mass is 35.5. The molecule has 0 aliphatic heterocycles. The van der Waals surface area contributed by atoms with Crippen LogP contribution in [-0.4, -0.2) is 14.8 Å². The van der Waals surface area contributed by atoms with Crippen LogP contribution in [0.5, 0.6) is 0 Å². The molecule has 3 nitrogen and oxygen atoms in total. The standard InChI is InChI=1S/C24H18ClN3/c1-2-16-7-3-6-10-22(16)28-24-19-8-4-5-9-21(19)26-15-20(24)23(27-28)17-11-13-18(25)14-12-17/h3-15H,2H2,1H3. The minimum Gasteiger partial charge on any atom is -0.255 e. The average molecular weight is 384 g/mol. The van der Waals surface area contributed by atoms with Crippen LogP contribution >= 0.6 is 11.6 Å². The quantitative estimate of drug-likeness (QED) is 0.358. The molecule has 0 atom stereocenters. The molecule has 0 N–H and O–H groups in total. The van der Waals surface area contributed by atoms with Crippen LogP contribution in [0.4, 0.5) is 0 Å². The molecular weight excluding hydrogens is 366 g/mol. The summed E-state index contributed by atoms with van der Waals surface area (Å²) in [5.74, 6) is 0. The van der Waals surface area contributed by atoms with Gasteiger partial charge in [-0.3, -0.25) is 4.98 Å². The maximum absolute atomic E-state index is 6.10. The second kappa shape index (κ2) is 6.77. The Balaban J connectivity index is 1.91. The third-order valence-electron chi connectivity index (χ3n) is 5.13. The summed E-state index contributed by atoms with van der Waals surface area (Å²) < 4.78 is 2.07. The summed E-state index contributed by atoms with van der Waals surface area (Å²) in [7, 11) is 0. The SMILES string of the molecule is CCc1ccccc1-n1nc(-c2ccc(Cl)cc2)c2cnc3ccccc3c21. The Labute approximate surface area is 168 Å². The Kier molecular flexibility index (Phi) is 4.10. The summed E-state index contributed by atoms with van der Waals surface area (Å²) in [6.45, 7) is 2.17. The predicted molar refractivity (Wildman–Crippen MR) is 116 cm³/mol. The normalized spacial score (nSPS) is 11.4. The molecule has 2 aromatic heterocycles. The Morgan fingerprint density at radius 1 is 0.857 bits per heavy atom. The van der Waals surface area contributed by atoms with Gasteiger partial charge < -0.3 is 0 Å². The van der Waals surface area contributed by atoms with Crippen LogP contribution in [-0.2, 0) is 6.42 Å². The number of pyridine rings is 1. The van der Waals surface area contributed by atoms with Gasteiger partial charge in [-0.15, -0.1) is 0 Å². The lowest BCUT2D eigenvalue weighted by molar-refractivity contribution is 0.896. The zero-order valence-corrected chi connectivity index (χ0v) is 16.2. The lowest BCUT2D eigenvalue weighted by Gasteiger charge is -2.10. The van der Waals surface area contributed by atoms with Gasteiger partial charge in [-0.2, -0.15) is 5.10 Å². The van der Waals surface area contributed by atoms with E-state index >= 15 is 0 Å². The fourth-order valence-corrected chi connectivity index (χ4v) is 3.87. The van der Waals surface area contributed by atoms with E-state index in [4.69, 9.17) is 16.7 Å². The zero-order chi connectivity index (χ0) is 19.1. The van der Waals surface area contributed by atoms with Gasteiger partial charge in [-0.1, -0.05) is 67.1 Å². The third kappa shape index (κ3) is 2.67. The van der Waals surface area contributed by atoms with Crippen molar-refractivity contribution >= 4 is 33.4 Å². The first-order chi connectivity index (χ1) is 13.8. The van der Waals surface area contributed by atoms with Crippen LogP contribution in [0.1, 0.15) is 12.5 Å². The van der Waals surface area contributed by atoms with Gasteiger partial charge in [0.05, 0.1) is 16.7 Å². The van der Waals surface area contributed by atoms with E-state index in [2.05, 4.69) is 53.0 Å². The number of nitrogens with zero attached hydrogens (tertiary/aromatic N) is 3. The van der Waals surface area contributed by atoms with Gasteiger partial charge in [0.15, 0.2) is 0 Å². The molecule has 3 aromatic carbocycles. The van der Waals surface area contributed by atoms with Gasteiger partial charge in [0.1, 0.15) is 5.69 Å². The molecule has 5 rings (SSSR count). The second-order valence-electron chi connectivity index (χ2n) is 6.79. The highest BCUT2D eigenvalue weighted by Gasteiger charge is 2.18. The zero-order valence-electron chi connectivity index (χ0n) is 15.4. The van der Waals surface area contributed by atoms with Crippen LogP contribution in [0.25, 0.3) is 38.8 Å². The first kappa shape index (κ1) is 17.0.